The molecule has 2 saturated carbocycles. The zero-order valence-electron chi connectivity index (χ0n) is 12.8. The molecule has 0 aromatic heterocycles. The molecule has 0 radical (unpaired) electrons. The maximum atomic E-state index is 6.05. The lowest BCUT2D eigenvalue weighted by Gasteiger charge is -2.26. The van der Waals surface area contributed by atoms with Crippen molar-refractivity contribution in [2.45, 2.75) is 64.2 Å². The van der Waals surface area contributed by atoms with Gasteiger partial charge in [0.2, 0.25) is 0 Å². The Kier molecular flexibility index (Phi) is 3.62. The highest BCUT2D eigenvalue weighted by atomic mass is 14.7. The first kappa shape index (κ1) is 13.7. The van der Waals surface area contributed by atoms with Gasteiger partial charge >= 0.3 is 0 Å². The largest absolute Gasteiger partial charge is 0.402 e. The van der Waals surface area contributed by atoms with Gasteiger partial charge in [-0.15, -0.1) is 0 Å². The van der Waals surface area contributed by atoms with Gasteiger partial charge in [-0.1, -0.05) is 49.6 Å². The van der Waals surface area contributed by atoms with Crippen molar-refractivity contribution in [2.75, 3.05) is 0 Å². The van der Waals surface area contributed by atoms with Crippen LogP contribution < -0.4 is 5.73 Å². The minimum Gasteiger partial charge on any atom is -0.402 e. The summed E-state index contributed by atoms with van der Waals surface area (Å²) in [7, 11) is 0. The summed E-state index contributed by atoms with van der Waals surface area (Å²) in [5.74, 6) is 0.779. The summed E-state index contributed by atoms with van der Waals surface area (Å²) >= 11 is 0. The zero-order valence-corrected chi connectivity index (χ0v) is 12.8. The lowest BCUT2D eigenvalue weighted by Crippen LogP contribution is -2.17. The van der Waals surface area contributed by atoms with Gasteiger partial charge in [0, 0.05) is 11.1 Å². The molecule has 108 valence electrons. The third-order valence-corrected chi connectivity index (χ3v) is 5.41. The summed E-state index contributed by atoms with van der Waals surface area (Å²) in [6, 6.07) is 7.06. The van der Waals surface area contributed by atoms with Crippen LogP contribution in [0.5, 0.6) is 0 Å². The Bertz CT molecular complexity index is 504. The molecule has 2 aliphatic carbocycles. The minimum absolute atomic E-state index is 0.219. The standard InChI is InChI=1S/C19H27N/c1-14-8-9-18(16-6-4-3-5-7-16)17(12-14)13-19(10-11-19)15(2)20/h8-9,12,16H,2-7,10-11,13,20H2,1H3. The van der Waals surface area contributed by atoms with Crippen molar-refractivity contribution in [1.82, 2.24) is 0 Å². The van der Waals surface area contributed by atoms with E-state index < -0.39 is 0 Å². The van der Waals surface area contributed by atoms with E-state index in [9.17, 15) is 0 Å². The Morgan fingerprint density at radius 3 is 2.55 bits per heavy atom. The van der Waals surface area contributed by atoms with Crippen molar-refractivity contribution in [2.24, 2.45) is 11.1 Å². The van der Waals surface area contributed by atoms with Gasteiger partial charge in [0.15, 0.2) is 0 Å². The fourth-order valence-corrected chi connectivity index (χ4v) is 3.83. The summed E-state index contributed by atoms with van der Waals surface area (Å²) in [4.78, 5) is 0. The van der Waals surface area contributed by atoms with Crippen molar-refractivity contribution in [3.8, 4) is 0 Å². The van der Waals surface area contributed by atoms with Gasteiger partial charge in [-0.3, -0.25) is 0 Å². The van der Waals surface area contributed by atoms with E-state index in [-0.39, 0.29) is 5.41 Å². The SMILES string of the molecule is C=C(N)C1(Cc2cc(C)ccc2C2CCCCC2)CC1. The van der Waals surface area contributed by atoms with Crippen LogP contribution in [-0.4, -0.2) is 0 Å². The Hall–Kier alpha value is -1.24. The Morgan fingerprint density at radius 2 is 1.95 bits per heavy atom. The second-order valence-corrected chi connectivity index (χ2v) is 7.02. The molecule has 0 aliphatic heterocycles. The summed E-state index contributed by atoms with van der Waals surface area (Å²) in [6.07, 6.45) is 10.5. The first-order valence-electron chi connectivity index (χ1n) is 8.15. The van der Waals surface area contributed by atoms with Gasteiger partial charge in [-0.25, -0.2) is 0 Å². The number of nitrogens with two attached hydrogens (primary N) is 1. The number of rotatable bonds is 4. The van der Waals surface area contributed by atoms with E-state index in [0.717, 1.165) is 18.0 Å². The first-order chi connectivity index (χ1) is 9.61. The lowest BCUT2D eigenvalue weighted by molar-refractivity contribution is 0.439. The normalized spacial score (nSPS) is 21.6. The van der Waals surface area contributed by atoms with Crippen LogP contribution in [0, 0.1) is 12.3 Å². The maximum absolute atomic E-state index is 6.05. The second kappa shape index (κ2) is 5.27. The van der Waals surface area contributed by atoms with Crippen LogP contribution in [0.2, 0.25) is 0 Å². The molecular formula is C19H27N. The van der Waals surface area contributed by atoms with Crippen LogP contribution in [0.25, 0.3) is 0 Å². The summed E-state index contributed by atoms with van der Waals surface area (Å²) in [6.45, 7) is 6.23. The molecule has 2 N–H and O–H groups in total. The molecule has 2 fully saturated rings. The third-order valence-electron chi connectivity index (χ3n) is 5.41. The zero-order chi connectivity index (χ0) is 14.2. The molecular weight excluding hydrogens is 242 g/mol. The molecule has 0 saturated heterocycles. The molecule has 0 bridgehead atoms. The number of allylic oxidation sites excluding steroid dienone is 1. The highest BCUT2D eigenvalue weighted by molar-refractivity contribution is 5.37. The maximum Gasteiger partial charge on any atom is 0.0134 e. The van der Waals surface area contributed by atoms with Crippen molar-refractivity contribution in [3.63, 3.8) is 0 Å². The first-order valence-corrected chi connectivity index (χ1v) is 8.15. The number of hydrogen-bond donors (Lipinski definition) is 1. The van der Waals surface area contributed by atoms with E-state index >= 15 is 0 Å². The van der Waals surface area contributed by atoms with Gasteiger partial charge in [0.25, 0.3) is 0 Å². The van der Waals surface area contributed by atoms with Crippen molar-refractivity contribution >= 4 is 0 Å². The van der Waals surface area contributed by atoms with E-state index in [1.807, 2.05) is 0 Å². The molecule has 0 unspecified atom stereocenters. The predicted molar refractivity (Wildman–Crippen MR) is 85.7 cm³/mol. The van der Waals surface area contributed by atoms with Gasteiger partial charge in [-0.05, 0) is 56.1 Å². The summed E-state index contributed by atoms with van der Waals surface area (Å²) in [5.41, 5.74) is 11.7. The van der Waals surface area contributed by atoms with Crippen molar-refractivity contribution in [1.29, 1.82) is 0 Å². The Balaban J connectivity index is 1.88. The monoisotopic (exact) mass is 269 g/mol. The minimum atomic E-state index is 0.219. The predicted octanol–water partition coefficient (Wildman–Crippen LogP) is 4.84. The van der Waals surface area contributed by atoms with E-state index in [4.69, 9.17) is 5.73 Å². The van der Waals surface area contributed by atoms with Crippen LogP contribution >= 0.6 is 0 Å². The van der Waals surface area contributed by atoms with Gasteiger partial charge in [0.05, 0.1) is 0 Å². The van der Waals surface area contributed by atoms with Crippen molar-refractivity contribution < 1.29 is 0 Å². The van der Waals surface area contributed by atoms with E-state index in [1.165, 1.54) is 50.5 Å². The molecule has 1 nitrogen and oxygen atoms in total. The van der Waals surface area contributed by atoms with Gasteiger partial charge in [0.1, 0.15) is 0 Å². The molecule has 1 aromatic rings. The van der Waals surface area contributed by atoms with E-state index in [1.54, 1.807) is 11.1 Å². The number of hydrogen-bond acceptors (Lipinski definition) is 1. The topological polar surface area (TPSA) is 26.0 Å². The third kappa shape index (κ3) is 2.63. The molecule has 0 heterocycles. The average Bonchev–Trinajstić information content (AvgIpc) is 3.21. The fourth-order valence-electron chi connectivity index (χ4n) is 3.83. The van der Waals surface area contributed by atoms with Crippen LogP contribution in [0.1, 0.15) is 67.6 Å². The molecule has 1 heteroatoms. The van der Waals surface area contributed by atoms with Crippen LogP contribution in [0.15, 0.2) is 30.5 Å². The molecule has 20 heavy (non-hydrogen) atoms. The molecule has 1 aromatic carbocycles. The highest BCUT2D eigenvalue weighted by Crippen LogP contribution is 2.53. The Morgan fingerprint density at radius 1 is 1.25 bits per heavy atom. The summed E-state index contributed by atoms with van der Waals surface area (Å²) < 4.78 is 0. The molecule has 2 aliphatic rings. The second-order valence-electron chi connectivity index (χ2n) is 7.02. The quantitative estimate of drug-likeness (QED) is 0.831. The molecule has 0 atom stereocenters. The lowest BCUT2D eigenvalue weighted by atomic mass is 9.79. The summed E-state index contributed by atoms with van der Waals surface area (Å²) in [5, 5.41) is 0. The molecule has 0 amide bonds. The van der Waals surface area contributed by atoms with Crippen LogP contribution in [0.3, 0.4) is 0 Å². The fraction of sp³-hybridized carbons (Fsp3) is 0.579. The number of benzene rings is 1. The highest BCUT2D eigenvalue weighted by Gasteiger charge is 2.44. The smallest absolute Gasteiger partial charge is 0.0134 e. The van der Waals surface area contributed by atoms with E-state index in [0.29, 0.717) is 0 Å². The average molecular weight is 269 g/mol. The van der Waals surface area contributed by atoms with Crippen molar-refractivity contribution in [3.05, 3.63) is 47.2 Å². The molecule has 0 spiro atoms. The number of aryl methyl sites for hydroxylation is 1. The van der Waals surface area contributed by atoms with Crippen LogP contribution in [0.4, 0.5) is 0 Å². The van der Waals surface area contributed by atoms with Gasteiger partial charge in [-0.2, -0.15) is 0 Å². The van der Waals surface area contributed by atoms with Gasteiger partial charge < -0.3 is 5.73 Å². The van der Waals surface area contributed by atoms with E-state index in [2.05, 4.69) is 31.7 Å². The molecule has 3 rings (SSSR count). The van der Waals surface area contributed by atoms with Crippen LogP contribution in [-0.2, 0) is 6.42 Å². The Labute approximate surface area is 123 Å².